The zero-order valence-electron chi connectivity index (χ0n) is 14.2. The zero-order chi connectivity index (χ0) is 19.1. The molecule has 1 aliphatic rings. The molecule has 2 heterocycles. The molecule has 26 heavy (non-hydrogen) atoms. The average Bonchev–Trinajstić information content (AvgIpc) is 3.03. The van der Waals surface area contributed by atoms with Gasteiger partial charge >= 0.3 is 0 Å². The molecule has 0 bridgehead atoms. The first-order valence-corrected chi connectivity index (χ1v) is 9.30. The molecular weight excluding hydrogens is 364 g/mol. The molecule has 1 aromatic heterocycles. The van der Waals surface area contributed by atoms with Gasteiger partial charge in [0.1, 0.15) is 0 Å². The molecule has 0 aliphatic carbocycles. The van der Waals surface area contributed by atoms with Gasteiger partial charge in [0.2, 0.25) is 10.0 Å². The normalized spacial score (nSPS) is 18.8. The van der Waals surface area contributed by atoms with Crippen molar-refractivity contribution in [2.24, 2.45) is 5.14 Å². The van der Waals surface area contributed by atoms with E-state index in [1.807, 2.05) is 7.05 Å². The van der Waals surface area contributed by atoms with Gasteiger partial charge in [-0.2, -0.15) is 4.98 Å². The van der Waals surface area contributed by atoms with Crippen LogP contribution in [-0.4, -0.2) is 55.1 Å². The van der Waals surface area contributed by atoms with Gasteiger partial charge in [-0.1, -0.05) is 5.16 Å². The van der Waals surface area contributed by atoms with Gasteiger partial charge in [-0.05, 0) is 20.0 Å². The lowest BCUT2D eigenvalue weighted by atomic mass is 10.1. The predicted octanol–water partition coefficient (Wildman–Crippen LogP) is 0.177. The second-order valence-corrected chi connectivity index (χ2v) is 7.64. The smallest absolute Gasteiger partial charge is 0.274 e. The molecular formula is C14H18N6O5S. The third-order valence-electron chi connectivity index (χ3n) is 4.36. The number of rotatable bonds is 4. The summed E-state index contributed by atoms with van der Waals surface area (Å²) < 4.78 is 28.6. The Bertz CT molecular complexity index is 957. The Balaban J connectivity index is 2.09. The molecule has 1 fully saturated rings. The van der Waals surface area contributed by atoms with Crippen LogP contribution in [0.25, 0.3) is 11.5 Å². The Morgan fingerprint density at radius 3 is 2.81 bits per heavy atom. The van der Waals surface area contributed by atoms with Gasteiger partial charge in [0.15, 0.2) is 5.82 Å². The Labute approximate surface area is 149 Å². The van der Waals surface area contributed by atoms with Crippen molar-refractivity contribution in [2.75, 3.05) is 26.7 Å². The highest BCUT2D eigenvalue weighted by Crippen LogP contribution is 2.33. The molecule has 11 nitrogen and oxygen atoms in total. The summed E-state index contributed by atoms with van der Waals surface area (Å²) in [5, 5.41) is 23.6. The van der Waals surface area contributed by atoms with Gasteiger partial charge in [-0.3, -0.25) is 15.0 Å². The van der Waals surface area contributed by atoms with Crippen LogP contribution in [0.1, 0.15) is 17.4 Å². The number of nitro groups is 1. The maximum atomic E-state index is 11.7. The molecule has 1 aromatic carbocycles. The zero-order valence-corrected chi connectivity index (χ0v) is 15.0. The Morgan fingerprint density at radius 2 is 2.19 bits per heavy atom. The van der Waals surface area contributed by atoms with Crippen molar-refractivity contribution in [2.45, 2.75) is 17.9 Å². The number of piperazine rings is 1. The fraction of sp³-hybridized carbons (Fsp3) is 0.429. The summed E-state index contributed by atoms with van der Waals surface area (Å²) in [6, 6.07) is 2.01. The van der Waals surface area contributed by atoms with E-state index in [0.717, 1.165) is 19.2 Å². The molecule has 1 unspecified atom stereocenters. The highest BCUT2D eigenvalue weighted by molar-refractivity contribution is 7.89. The maximum absolute atomic E-state index is 11.7. The van der Waals surface area contributed by atoms with Gasteiger partial charge < -0.3 is 9.84 Å². The van der Waals surface area contributed by atoms with Crippen LogP contribution < -0.4 is 10.5 Å². The minimum Gasteiger partial charge on any atom is -0.334 e. The summed E-state index contributed by atoms with van der Waals surface area (Å²) in [6.45, 7) is 3.77. The first-order chi connectivity index (χ1) is 12.2. The quantitative estimate of drug-likeness (QED) is 0.555. The monoisotopic (exact) mass is 382 g/mol. The topological polar surface area (TPSA) is 157 Å². The fourth-order valence-electron chi connectivity index (χ4n) is 2.82. The van der Waals surface area contributed by atoms with E-state index in [1.54, 1.807) is 0 Å². The van der Waals surface area contributed by atoms with Crippen molar-refractivity contribution in [3.8, 4) is 11.5 Å². The maximum Gasteiger partial charge on any atom is 0.274 e. The van der Waals surface area contributed by atoms with E-state index in [9.17, 15) is 18.5 Å². The molecule has 3 rings (SSSR count). The van der Waals surface area contributed by atoms with Crippen LogP contribution in [0.2, 0.25) is 0 Å². The number of nitrogens with one attached hydrogen (secondary N) is 1. The predicted molar refractivity (Wildman–Crippen MR) is 90.7 cm³/mol. The van der Waals surface area contributed by atoms with Gasteiger partial charge in [0, 0.05) is 31.3 Å². The van der Waals surface area contributed by atoms with Crippen molar-refractivity contribution in [3.63, 3.8) is 0 Å². The number of likely N-dealkylation sites (N-methyl/N-ethyl adjacent to an activating group) is 1. The molecule has 1 aliphatic heterocycles. The van der Waals surface area contributed by atoms with Crippen LogP contribution in [0.3, 0.4) is 0 Å². The molecule has 0 amide bonds. The second kappa shape index (κ2) is 6.72. The summed E-state index contributed by atoms with van der Waals surface area (Å²) in [5.41, 5.74) is -0.0103. The lowest BCUT2D eigenvalue weighted by Crippen LogP contribution is -2.44. The number of nitro benzene ring substituents is 1. The molecule has 0 radical (unpaired) electrons. The van der Waals surface area contributed by atoms with Crippen LogP contribution >= 0.6 is 0 Å². The summed E-state index contributed by atoms with van der Waals surface area (Å²) in [5.74, 6) is 0.419. The Morgan fingerprint density at radius 1 is 1.46 bits per heavy atom. The number of nitrogens with zero attached hydrogens (tertiary/aromatic N) is 4. The summed E-state index contributed by atoms with van der Waals surface area (Å²) >= 11 is 0. The SMILES string of the molecule is Cc1c(-c2nc(C3CNCCN3C)no2)cc(S(N)(=O)=O)cc1[N+](=O)[O-]. The van der Waals surface area contributed by atoms with Crippen LogP contribution in [-0.2, 0) is 10.0 Å². The number of benzene rings is 1. The fourth-order valence-corrected chi connectivity index (χ4v) is 3.38. The number of aromatic nitrogens is 2. The van der Waals surface area contributed by atoms with E-state index in [1.165, 1.54) is 13.0 Å². The highest BCUT2D eigenvalue weighted by atomic mass is 32.2. The molecule has 0 spiro atoms. The standard InChI is InChI=1S/C14H18N6O5S/c1-8-10(5-9(26(15,23)24)6-11(8)20(21)22)14-17-13(18-25-14)12-7-16-3-4-19(12)2/h5-6,12,16H,3-4,7H2,1-2H3,(H2,15,23,24). The van der Waals surface area contributed by atoms with Gasteiger partial charge in [0.25, 0.3) is 11.6 Å². The van der Waals surface area contributed by atoms with Crippen molar-refractivity contribution in [1.29, 1.82) is 0 Å². The van der Waals surface area contributed by atoms with Gasteiger partial charge in [0.05, 0.1) is 21.4 Å². The van der Waals surface area contributed by atoms with E-state index < -0.39 is 14.9 Å². The summed E-state index contributed by atoms with van der Waals surface area (Å²) in [6.07, 6.45) is 0. The third kappa shape index (κ3) is 3.44. The summed E-state index contributed by atoms with van der Waals surface area (Å²) in [4.78, 5) is 16.6. The first kappa shape index (κ1) is 18.4. The van der Waals surface area contributed by atoms with E-state index in [4.69, 9.17) is 9.66 Å². The number of primary sulfonamides is 1. The molecule has 3 N–H and O–H groups in total. The number of nitrogens with two attached hydrogens (primary N) is 1. The lowest BCUT2D eigenvalue weighted by Gasteiger charge is -2.30. The number of sulfonamides is 1. The van der Waals surface area contributed by atoms with Crippen molar-refractivity contribution in [3.05, 3.63) is 33.6 Å². The third-order valence-corrected chi connectivity index (χ3v) is 5.25. The Hall–Kier alpha value is -2.41. The van der Waals surface area contributed by atoms with E-state index in [0.29, 0.717) is 12.4 Å². The highest BCUT2D eigenvalue weighted by Gasteiger charge is 2.28. The lowest BCUT2D eigenvalue weighted by molar-refractivity contribution is -0.385. The van der Waals surface area contributed by atoms with Crippen LogP contribution in [0.5, 0.6) is 0 Å². The molecule has 12 heteroatoms. The van der Waals surface area contributed by atoms with E-state index in [2.05, 4.69) is 20.4 Å². The molecule has 1 saturated heterocycles. The van der Waals surface area contributed by atoms with Crippen molar-refractivity contribution >= 4 is 15.7 Å². The largest absolute Gasteiger partial charge is 0.334 e. The molecule has 0 saturated carbocycles. The second-order valence-electron chi connectivity index (χ2n) is 6.08. The minimum atomic E-state index is -4.14. The number of hydrogen-bond acceptors (Lipinski definition) is 9. The van der Waals surface area contributed by atoms with Crippen LogP contribution in [0, 0.1) is 17.0 Å². The van der Waals surface area contributed by atoms with E-state index >= 15 is 0 Å². The Kier molecular flexibility index (Phi) is 4.75. The van der Waals surface area contributed by atoms with E-state index in [-0.39, 0.29) is 33.6 Å². The number of hydrogen-bond donors (Lipinski definition) is 2. The van der Waals surface area contributed by atoms with Crippen molar-refractivity contribution in [1.82, 2.24) is 20.4 Å². The first-order valence-electron chi connectivity index (χ1n) is 7.75. The van der Waals surface area contributed by atoms with Crippen LogP contribution in [0.15, 0.2) is 21.6 Å². The van der Waals surface area contributed by atoms with Crippen molar-refractivity contribution < 1.29 is 17.9 Å². The van der Waals surface area contributed by atoms with Crippen LogP contribution in [0.4, 0.5) is 5.69 Å². The van der Waals surface area contributed by atoms with Gasteiger partial charge in [-0.15, -0.1) is 0 Å². The molecule has 1 atom stereocenters. The average molecular weight is 382 g/mol. The summed E-state index contributed by atoms with van der Waals surface area (Å²) in [7, 11) is -2.21. The minimum absolute atomic E-state index is 0.00470. The van der Waals surface area contributed by atoms with Gasteiger partial charge in [-0.25, -0.2) is 13.6 Å². The molecule has 140 valence electrons. The molecule has 2 aromatic rings.